The number of carbonyl (C=O) groups is 1. The highest BCUT2D eigenvalue weighted by Gasteiger charge is 2.14. The second kappa shape index (κ2) is 7.03. The number of nitriles is 1. The van der Waals surface area contributed by atoms with Gasteiger partial charge in [-0.15, -0.1) is 0 Å². The van der Waals surface area contributed by atoms with Gasteiger partial charge in [-0.2, -0.15) is 5.26 Å². The number of carboxylic acids is 1. The average Bonchev–Trinajstić information content (AvgIpc) is 2.43. The summed E-state index contributed by atoms with van der Waals surface area (Å²) in [5.74, 6) is -1.38. The van der Waals surface area contributed by atoms with Crippen molar-refractivity contribution in [1.29, 1.82) is 5.26 Å². The van der Waals surface area contributed by atoms with Gasteiger partial charge in [-0.1, -0.05) is 6.92 Å². The Morgan fingerprint density at radius 1 is 1.40 bits per heavy atom. The number of aliphatic carboxylic acids is 1. The number of nitrogens with zero attached hydrogens (tertiary/aromatic N) is 1. The molecular formula is C13H16N2O4S. The van der Waals surface area contributed by atoms with Crippen molar-refractivity contribution in [3.05, 3.63) is 29.8 Å². The van der Waals surface area contributed by atoms with Gasteiger partial charge in [0.05, 0.1) is 22.4 Å². The first kappa shape index (κ1) is 16.1. The smallest absolute Gasteiger partial charge is 0.306 e. The van der Waals surface area contributed by atoms with Gasteiger partial charge in [0.2, 0.25) is 10.0 Å². The maximum Gasteiger partial charge on any atom is 0.306 e. The highest BCUT2D eigenvalue weighted by molar-refractivity contribution is 7.89. The molecule has 0 radical (unpaired) electrons. The maximum atomic E-state index is 11.9. The maximum absolute atomic E-state index is 11.9. The lowest BCUT2D eigenvalue weighted by Crippen LogP contribution is -2.25. The Kier molecular flexibility index (Phi) is 5.67. The molecule has 0 saturated heterocycles. The summed E-state index contributed by atoms with van der Waals surface area (Å²) in [5.41, 5.74) is 0.388. The van der Waals surface area contributed by atoms with Gasteiger partial charge < -0.3 is 5.11 Å². The number of nitrogens with one attached hydrogen (secondary N) is 1. The molecule has 7 heteroatoms. The van der Waals surface area contributed by atoms with Crippen LogP contribution in [0.15, 0.2) is 29.2 Å². The summed E-state index contributed by atoms with van der Waals surface area (Å²) in [6.07, 6.45) is 0.855. The molecular weight excluding hydrogens is 280 g/mol. The molecule has 1 unspecified atom stereocenters. The van der Waals surface area contributed by atoms with Crippen molar-refractivity contribution in [2.75, 3.05) is 6.54 Å². The minimum atomic E-state index is -3.61. The minimum Gasteiger partial charge on any atom is -0.481 e. The van der Waals surface area contributed by atoms with Crippen LogP contribution in [-0.2, 0) is 14.8 Å². The van der Waals surface area contributed by atoms with E-state index in [4.69, 9.17) is 10.4 Å². The molecule has 1 rings (SSSR count). The third-order valence-corrected chi connectivity index (χ3v) is 4.30. The zero-order chi connectivity index (χ0) is 15.2. The highest BCUT2D eigenvalue weighted by atomic mass is 32.2. The fourth-order valence-corrected chi connectivity index (χ4v) is 2.60. The van der Waals surface area contributed by atoms with E-state index >= 15 is 0 Å². The zero-order valence-electron chi connectivity index (χ0n) is 11.0. The summed E-state index contributed by atoms with van der Waals surface area (Å²) in [5, 5.41) is 17.3. The largest absolute Gasteiger partial charge is 0.481 e. The third kappa shape index (κ3) is 4.64. The van der Waals surface area contributed by atoms with Crippen LogP contribution in [0.5, 0.6) is 0 Å². The first-order valence-corrected chi connectivity index (χ1v) is 7.58. The molecule has 0 amide bonds. The summed E-state index contributed by atoms with van der Waals surface area (Å²) < 4.78 is 26.2. The standard InChI is InChI=1S/C13H16N2O4S/c1-10(13(16)17)3-2-8-15-20(18,19)12-6-4-11(9-14)5-7-12/h4-7,10,15H,2-3,8H2,1H3,(H,16,17). The van der Waals surface area contributed by atoms with E-state index < -0.39 is 21.9 Å². The van der Waals surface area contributed by atoms with Crippen LogP contribution in [-0.4, -0.2) is 26.0 Å². The summed E-state index contributed by atoms with van der Waals surface area (Å²) in [6.45, 7) is 1.76. The van der Waals surface area contributed by atoms with Crippen LogP contribution < -0.4 is 4.72 Å². The molecule has 0 heterocycles. The topological polar surface area (TPSA) is 107 Å². The molecule has 20 heavy (non-hydrogen) atoms. The highest BCUT2D eigenvalue weighted by Crippen LogP contribution is 2.10. The Balaban J connectivity index is 2.53. The molecule has 1 aromatic carbocycles. The Bertz CT molecular complexity index is 602. The predicted octanol–water partition coefficient (Wildman–Crippen LogP) is 1.34. The minimum absolute atomic E-state index is 0.0859. The van der Waals surface area contributed by atoms with Gasteiger partial charge in [-0.3, -0.25) is 4.79 Å². The summed E-state index contributed by atoms with van der Waals surface area (Å²) >= 11 is 0. The van der Waals surface area contributed by atoms with Gasteiger partial charge >= 0.3 is 5.97 Å². The van der Waals surface area contributed by atoms with Crippen LogP contribution in [0, 0.1) is 17.2 Å². The second-order valence-corrected chi connectivity index (χ2v) is 6.18. The Labute approximate surface area is 118 Å². The second-order valence-electron chi connectivity index (χ2n) is 4.42. The average molecular weight is 296 g/mol. The Hall–Kier alpha value is -1.91. The van der Waals surface area contributed by atoms with Gasteiger partial charge in [-0.25, -0.2) is 13.1 Å². The van der Waals surface area contributed by atoms with Gasteiger partial charge in [0.15, 0.2) is 0 Å². The first-order chi connectivity index (χ1) is 9.36. The quantitative estimate of drug-likeness (QED) is 0.738. The lowest BCUT2D eigenvalue weighted by molar-refractivity contribution is -0.141. The molecule has 0 aliphatic carbocycles. The van der Waals surface area contributed by atoms with Crippen LogP contribution in [0.25, 0.3) is 0 Å². The van der Waals surface area contributed by atoms with Crippen molar-refractivity contribution in [3.8, 4) is 6.07 Å². The van der Waals surface area contributed by atoms with Crippen LogP contribution in [0.2, 0.25) is 0 Å². The molecule has 1 atom stereocenters. The molecule has 0 spiro atoms. The number of carboxylic acid groups (broad SMARTS) is 1. The molecule has 0 bridgehead atoms. The first-order valence-electron chi connectivity index (χ1n) is 6.09. The third-order valence-electron chi connectivity index (χ3n) is 2.82. The van der Waals surface area contributed by atoms with E-state index in [0.29, 0.717) is 18.4 Å². The number of benzene rings is 1. The van der Waals surface area contributed by atoms with Crippen LogP contribution in [0.3, 0.4) is 0 Å². The monoisotopic (exact) mass is 296 g/mol. The van der Waals surface area contributed by atoms with E-state index in [0.717, 1.165) is 0 Å². The lowest BCUT2D eigenvalue weighted by Gasteiger charge is -2.08. The van der Waals surface area contributed by atoms with Crippen LogP contribution >= 0.6 is 0 Å². The predicted molar refractivity (Wildman–Crippen MR) is 72.4 cm³/mol. The van der Waals surface area contributed by atoms with Crippen molar-refractivity contribution >= 4 is 16.0 Å². The molecule has 2 N–H and O–H groups in total. The number of sulfonamides is 1. The summed E-state index contributed by atoms with van der Waals surface area (Å²) in [4.78, 5) is 10.7. The van der Waals surface area contributed by atoms with Crippen molar-refractivity contribution in [2.45, 2.75) is 24.7 Å². The SMILES string of the molecule is CC(CCCNS(=O)(=O)c1ccc(C#N)cc1)C(=O)O. The van der Waals surface area contributed by atoms with E-state index in [1.807, 2.05) is 6.07 Å². The molecule has 0 aliphatic heterocycles. The van der Waals surface area contributed by atoms with E-state index in [9.17, 15) is 13.2 Å². The van der Waals surface area contributed by atoms with E-state index in [1.165, 1.54) is 24.3 Å². The van der Waals surface area contributed by atoms with E-state index in [2.05, 4.69) is 4.72 Å². The van der Waals surface area contributed by atoms with Crippen molar-refractivity contribution in [1.82, 2.24) is 4.72 Å². The molecule has 0 aliphatic rings. The number of rotatable bonds is 7. The normalized spacial score (nSPS) is 12.6. The van der Waals surface area contributed by atoms with Gasteiger partial charge in [-0.05, 0) is 37.1 Å². The van der Waals surface area contributed by atoms with E-state index in [-0.39, 0.29) is 11.4 Å². The van der Waals surface area contributed by atoms with Crippen LogP contribution in [0.4, 0.5) is 0 Å². The molecule has 0 aromatic heterocycles. The van der Waals surface area contributed by atoms with Crippen molar-refractivity contribution < 1.29 is 18.3 Å². The zero-order valence-corrected chi connectivity index (χ0v) is 11.9. The summed E-state index contributed by atoms with van der Waals surface area (Å²) in [7, 11) is -3.61. The van der Waals surface area contributed by atoms with E-state index in [1.54, 1.807) is 6.92 Å². The molecule has 0 saturated carbocycles. The molecule has 1 aromatic rings. The Morgan fingerprint density at radius 3 is 2.50 bits per heavy atom. The molecule has 108 valence electrons. The fraction of sp³-hybridized carbons (Fsp3) is 0.385. The van der Waals surface area contributed by atoms with Crippen LogP contribution in [0.1, 0.15) is 25.3 Å². The molecule has 0 fully saturated rings. The van der Waals surface area contributed by atoms with Gasteiger partial charge in [0.1, 0.15) is 0 Å². The lowest BCUT2D eigenvalue weighted by atomic mass is 10.1. The Morgan fingerprint density at radius 2 is 2.00 bits per heavy atom. The fourth-order valence-electron chi connectivity index (χ4n) is 1.53. The number of hydrogen-bond acceptors (Lipinski definition) is 4. The summed E-state index contributed by atoms with van der Waals surface area (Å²) in [6, 6.07) is 7.50. The van der Waals surface area contributed by atoms with Crippen molar-refractivity contribution in [3.63, 3.8) is 0 Å². The van der Waals surface area contributed by atoms with Gasteiger partial charge in [0, 0.05) is 6.54 Å². The number of hydrogen-bond donors (Lipinski definition) is 2. The van der Waals surface area contributed by atoms with Crippen molar-refractivity contribution in [2.24, 2.45) is 5.92 Å². The van der Waals surface area contributed by atoms with Gasteiger partial charge in [0.25, 0.3) is 0 Å². The molecule has 6 nitrogen and oxygen atoms in total.